The minimum absolute atomic E-state index is 0.172. The van der Waals surface area contributed by atoms with Gasteiger partial charge in [-0.3, -0.25) is 4.57 Å². The van der Waals surface area contributed by atoms with Crippen molar-refractivity contribution in [2.45, 2.75) is 19.8 Å². The maximum absolute atomic E-state index is 5.78. The predicted molar refractivity (Wildman–Crippen MR) is 115 cm³/mol. The summed E-state index contributed by atoms with van der Waals surface area (Å²) in [6, 6.07) is 3.88. The van der Waals surface area contributed by atoms with Crippen molar-refractivity contribution in [3.8, 4) is 11.6 Å². The first kappa shape index (κ1) is 19.6. The van der Waals surface area contributed by atoms with Gasteiger partial charge in [-0.1, -0.05) is 6.92 Å². The number of ether oxygens (including phenoxy) is 2. The molecule has 1 atom stereocenters. The predicted octanol–water partition coefficient (Wildman–Crippen LogP) is 3.41. The van der Waals surface area contributed by atoms with Crippen molar-refractivity contribution in [1.29, 1.82) is 0 Å². The Morgan fingerprint density at radius 1 is 1.27 bits per heavy atom. The van der Waals surface area contributed by atoms with E-state index in [9.17, 15) is 0 Å². The van der Waals surface area contributed by atoms with Crippen LogP contribution in [-0.4, -0.2) is 51.0 Å². The van der Waals surface area contributed by atoms with Gasteiger partial charge in [-0.25, -0.2) is 24.9 Å². The Balaban J connectivity index is 1.47. The molecular weight excluding hydrogens is 382 g/mol. The van der Waals surface area contributed by atoms with Crippen LogP contribution in [-0.2, 0) is 0 Å². The van der Waals surface area contributed by atoms with Gasteiger partial charge in [-0.15, -0.1) is 0 Å². The molecule has 3 aromatic rings. The van der Waals surface area contributed by atoms with Crippen LogP contribution in [0.4, 0.5) is 11.8 Å². The summed E-state index contributed by atoms with van der Waals surface area (Å²) in [6.07, 6.45) is 8.70. The summed E-state index contributed by atoms with van der Waals surface area (Å²) in [5.74, 6) is 2.73. The Labute approximate surface area is 174 Å². The number of nitrogens with one attached hydrogen (secondary N) is 1. The Morgan fingerprint density at radius 3 is 3.00 bits per heavy atom. The molecule has 30 heavy (non-hydrogen) atoms. The zero-order valence-electron chi connectivity index (χ0n) is 16.9. The van der Waals surface area contributed by atoms with Crippen LogP contribution in [0.25, 0.3) is 11.8 Å². The van der Waals surface area contributed by atoms with E-state index in [0.29, 0.717) is 31.6 Å². The number of nitrogens with zero attached hydrogens (tertiary/aromatic N) is 6. The molecule has 1 N–H and O–H groups in total. The highest BCUT2D eigenvalue weighted by atomic mass is 16.6. The van der Waals surface area contributed by atoms with Crippen molar-refractivity contribution in [2.75, 3.05) is 25.1 Å². The highest BCUT2D eigenvalue weighted by molar-refractivity contribution is 5.73. The number of aliphatic imine (C=N–C) groups is 1. The molecule has 0 unspecified atom stereocenters. The van der Waals surface area contributed by atoms with Crippen LogP contribution in [0, 0.1) is 0 Å². The summed E-state index contributed by atoms with van der Waals surface area (Å²) < 4.78 is 13.2. The lowest BCUT2D eigenvalue weighted by atomic mass is 10.0. The molecule has 0 bridgehead atoms. The Hall–Kier alpha value is -3.75. The van der Waals surface area contributed by atoms with Crippen molar-refractivity contribution in [1.82, 2.24) is 24.5 Å². The molecule has 4 rings (SSSR count). The third-order valence-corrected chi connectivity index (χ3v) is 4.78. The van der Waals surface area contributed by atoms with Crippen LogP contribution in [0.15, 0.2) is 42.0 Å². The molecule has 9 nitrogen and oxygen atoms in total. The van der Waals surface area contributed by atoms with E-state index in [1.807, 2.05) is 31.5 Å². The molecule has 0 aromatic carbocycles. The van der Waals surface area contributed by atoms with Crippen molar-refractivity contribution < 1.29 is 9.47 Å². The van der Waals surface area contributed by atoms with E-state index >= 15 is 0 Å². The molecule has 0 amide bonds. The molecule has 0 radical (unpaired) electrons. The highest BCUT2D eigenvalue weighted by Crippen LogP contribution is 2.35. The molecule has 0 fully saturated rings. The van der Waals surface area contributed by atoms with E-state index in [1.165, 1.54) is 0 Å². The fourth-order valence-electron chi connectivity index (χ4n) is 3.20. The Bertz CT molecular complexity index is 1080. The zero-order chi connectivity index (χ0) is 20.9. The van der Waals surface area contributed by atoms with Gasteiger partial charge in [0.25, 0.3) is 5.88 Å². The normalized spacial score (nSPS) is 14.3. The summed E-state index contributed by atoms with van der Waals surface area (Å²) in [5.41, 5.74) is 2.81. The van der Waals surface area contributed by atoms with E-state index in [1.54, 1.807) is 23.3 Å². The van der Waals surface area contributed by atoms with Crippen molar-refractivity contribution in [2.24, 2.45) is 4.99 Å². The minimum atomic E-state index is 0.172. The fourth-order valence-corrected chi connectivity index (χ4v) is 3.20. The lowest BCUT2D eigenvalue weighted by molar-refractivity contribution is 0.162. The average Bonchev–Trinajstić information content (AvgIpc) is 3.24. The van der Waals surface area contributed by atoms with E-state index in [-0.39, 0.29) is 5.92 Å². The maximum Gasteiger partial charge on any atom is 0.257 e. The number of allylic oxidation sites excluding steroid dienone is 1. The number of aromatic nitrogens is 5. The number of hydrogen-bond acceptors (Lipinski definition) is 8. The monoisotopic (exact) mass is 405 g/mol. The van der Waals surface area contributed by atoms with E-state index in [0.717, 1.165) is 28.4 Å². The van der Waals surface area contributed by atoms with Gasteiger partial charge < -0.3 is 14.8 Å². The van der Waals surface area contributed by atoms with E-state index in [2.05, 4.69) is 43.9 Å². The summed E-state index contributed by atoms with van der Waals surface area (Å²) in [7, 11) is 0. The topological polar surface area (TPSA) is 99.3 Å². The first-order valence-electron chi connectivity index (χ1n) is 9.64. The van der Waals surface area contributed by atoms with Crippen molar-refractivity contribution in [3.05, 3.63) is 48.3 Å². The van der Waals surface area contributed by atoms with Gasteiger partial charge in [-0.2, -0.15) is 0 Å². The van der Waals surface area contributed by atoms with Gasteiger partial charge in [0.1, 0.15) is 25.4 Å². The highest BCUT2D eigenvalue weighted by Gasteiger charge is 2.20. The van der Waals surface area contributed by atoms with Gasteiger partial charge in [-0.05, 0) is 25.3 Å². The van der Waals surface area contributed by atoms with Crippen molar-refractivity contribution >= 4 is 30.3 Å². The van der Waals surface area contributed by atoms with Gasteiger partial charge in [0.2, 0.25) is 5.95 Å². The lowest BCUT2D eigenvalue weighted by Gasteiger charge is -2.22. The second kappa shape index (κ2) is 8.73. The van der Waals surface area contributed by atoms with E-state index < -0.39 is 0 Å². The Kier molecular flexibility index (Phi) is 5.69. The maximum atomic E-state index is 5.78. The standard InChI is InChI=1S/C21H23N7O2/c1-14(16-4-5-23-20-19(16)29-8-9-30-20)11-25-18-10-17(26-13-27-18)15(2)12-28-7-6-24-21(28)22-3/h4-7,10,12-14H,3,8-9,11H2,1-2H3,(H,25,26,27)/b15-12+/t14-/m1/s1. The smallest absolute Gasteiger partial charge is 0.257 e. The lowest BCUT2D eigenvalue weighted by Crippen LogP contribution is -2.19. The number of hydrogen-bond donors (Lipinski definition) is 1. The largest absolute Gasteiger partial charge is 0.484 e. The molecule has 4 heterocycles. The van der Waals surface area contributed by atoms with Crippen LogP contribution in [0.1, 0.15) is 31.0 Å². The van der Waals surface area contributed by atoms with Crippen LogP contribution in [0.5, 0.6) is 11.6 Å². The van der Waals surface area contributed by atoms with Gasteiger partial charge >= 0.3 is 0 Å². The molecule has 0 aliphatic carbocycles. The molecule has 0 spiro atoms. The molecule has 0 saturated heterocycles. The Morgan fingerprint density at radius 2 is 2.13 bits per heavy atom. The quantitative estimate of drug-likeness (QED) is 0.601. The van der Waals surface area contributed by atoms with Crippen LogP contribution >= 0.6 is 0 Å². The average molecular weight is 405 g/mol. The SMILES string of the molecule is C=Nc1nccn1/C=C(\C)c1cc(NC[C@@H](C)c2ccnc3c2OCCO3)ncn1. The van der Waals surface area contributed by atoms with Gasteiger partial charge in [0, 0.05) is 48.9 Å². The molecule has 0 saturated carbocycles. The first-order valence-corrected chi connectivity index (χ1v) is 9.64. The minimum Gasteiger partial charge on any atom is -0.484 e. The molecule has 1 aliphatic rings. The molecule has 1 aliphatic heterocycles. The molecule has 3 aromatic heterocycles. The van der Waals surface area contributed by atoms with Crippen LogP contribution in [0.3, 0.4) is 0 Å². The summed E-state index contributed by atoms with van der Waals surface area (Å²) >= 11 is 0. The fraction of sp³-hybridized carbons (Fsp3) is 0.286. The third-order valence-electron chi connectivity index (χ3n) is 4.78. The summed E-state index contributed by atoms with van der Waals surface area (Å²) in [5, 5.41) is 3.38. The third kappa shape index (κ3) is 4.14. The summed E-state index contributed by atoms with van der Waals surface area (Å²) in [4.78, 5) is 21.0. The number of fused-ring (bicyclic) bond motifs is 1. The molecular formula is C21H23N7O2. The van der Waals surface area contributed by atoms with Gasteiger partial charge in [0.05, 0.1) is 5.69 Å². The number of imidazole rings is 1. The first-order chi connectivity index (χ1) is 14.7. The second-order valence-electron chi connectivity index (χ2n) is 6.91. The van der Waals surface area contributed by atoms with Gasteiger partial charge in [0.15, 0.2) is 5.75 Å². The van der Waals surface area contributed by atoms with Crippen LogP contribution in [0.2, 0.25) is 0 Å². The van der Waals surface area contributed by atoms with E-state index in [4.69, 9.17) is 9.47 Å². The number of pyridine rings is 1. The number of rotatable bonds is 7. The molecule has 9 heteroatoms. The van der Waals surface area contributed by atoms with Crippen molar-refractivity contribution in [3.63, 3.8) is 0 Å². The number of anilines is 1. The zero-order valence-corrected chi connectivity index (χ0v) is 16.9. The summed E-state index contributed by atoms with van der Waals surface area (Å²) in [6.45, 7) is 9.36. The van der Waals surface area contributed by atoms with Crippen LogP contribution < -0.4 is 14.8 Å². The second-order valence-corrected chi connectivity index (χ2v) is 6.91. The molecule has 154 valence electrons.